The predicted octanol–water partition coefficient (Wildman–Crippen LogP) is 7.37. The molecular formula is C35H32ClN3O6. The SMILES string of the molecule is CCOC(=O)c1ccc(CN(Cc2ncc(-c3cccc(C(C)C(=O)O)c3)cc2Cl)C(=O)c2c(C)c(C)nc3ccccc23)o1. The molecule has 1 atom stereocenters. The van der Waals surface area contributed by atoms with Gasteiger partial charge in [0.2, 0.25) is 5.76 Å². The van der Waals surface area contributed by atoms with Crippen molar-refractivity contribution in [2.45, 2.75) is 46.7 Å². The molecule has 1 amide bonds. The van der Waals surface area contributed by atoms with Gasteiger partial charge in [0, 0.05) is 22.8 Å². The largest absolute Gasteiger partial charge is 0.481 e. The third-order valence-corrected chi connectivity index (χ3v) is 8.04. The minimum Gasteiger partial charge on any atom is -0.481 e. The number of esters is 1. The number of para-hydroxylation sites is 1. The highest BCUT2D eigenvalue weighted by molar-refractivity contribution is 6.31. The molecule has 45 heavy (non-hydrogen) atoms. The Balaban J connectivity index is 1.52. The van der Waals surface area contributed by atoms with Crippen LogP contribution in [0.25, 0.3) is 22.0 Å². The molecule has 2 aromatic carbocycles. The molecule has 0 bridgehead atoms. The molecule has 0 aliphatic rings. The summed E-state index contributed by atoms with van der Waals surface area (Å²) in [5, 5.41) is 10.5. The highest BCUT2D eigenvalue weighted by Crippen LogP contribution is 2.30. The minimum atomic E-state index is -0.915. The van der Waals surface area contributed by atoms with Crippen LogP contribution in [0.5, 0.6) is 0 Å². The van der Waals surface area contributed by atoms with E-state index in [4.69, 9.17) is 20.8 Å². The lowest BCUT2D eigenvalue weighted by atomic mass is 9.97. The molecule has 5 aromatic rings. The summed E-state index contributed by atoms with van der Waals surface area (Å²) in [6.07, 6.45) is 1.65. The number of aryl methyl sites for hydroxylation is 1. The zero-order valence-corrected chi connectivity index (χ0v) is 26.1. The lowest BCUT2D eigenvalue weighted by Gasteiger charge is -2.24. The maximum atomic E-state index is 14.4. The van der Waals surface area contributed by atoms with Crippen LogP contribution in [0.2, 0.25) is 5.02 Å². The summed E-state index contributed by atoms with van der Waals surface area (Å²) in [5.74, 6) is -2.02. The Morgan fingerprint density at radius 3 is 2.51 bits per heavy atom. The molecule has 0 spiro atoms. The van der Waals surface area contributed by atoms with Crippen molar-refractivity contribution >= 4 is 40.3 Å². The number of rotatable bonds is 10. The van der Waals surface area contributed by atoms with E-state index in [2.05, 4.69) is 9.97 Å². The highest BCUT2D eigenvalue weighted by Gasteiger charge is 2.25. The summed E-state index contributed by atoms with van der Waals surface area (Å²) in [4.78, 5) is 49.0. The lowest BCUT2D eigenvalue weighted by Crippen LogP contribution is -2.31. The molecule has 230 valence electrons. The summed E-state index contributed by atoms with van der Waals surface area (Å²) in [5.41, 5.74) is 5.28. The zero-order valence-electron chi connectivity index (χ0n) is 25.3. The average Bonchev–Trinajstić information content (AvgIpc) is 3.50. The van der Waals surface area contributed by atoms with Crippen molar-refractivity contribution in [3.8, 4) is 11.1 Å². The van der Waals surface area contributed by atoms with E-state index in [1.807, 2.05) is 44.2 Å². The van der Waals surface area contributed by atoms with Crippen molar-refractivity contribution < 1.29 is 28.6 Å². The normalized spacial score (nSPS) is 11.8. The smallest absolute Gasteiger partial charge is 0.374 e. The van der Waals surface area contributed by atoms with E-state index in [-0.39, 0.29) is 31.4 Å². The number of amides is 1. The third-order valence-electron chi connectivity index (χ3n) is 7.71. The lowest BCUT2D eigenvalue weighted by molar-refractivity contribution is -0.138. The van der Waals surface area contributed by atoms with Crippen LogP contribution < -0.4 is 0 Å². The molecule has 0 aliphatic carbocycles. The van der Waals surface area contributed by atoms with Gasteiger partial charge in [-0.2, -0.15) is 0 Å². The summed E-state index contributed by atoms with van der Waals surface area (Å²) in [7, 11) is 0. The number of carbonyl (C=O) groups is 3. The van der Waals surface area contributed by atoms with Crippen molar-refractivity contribution in [2.75, 3.05) is 6.61 Å². The first kappa shape index (κ1) is 31.4. The molecule has 10 heteroatoms. The molecule has 3 heterocycles. The number of aliphatic carboxylic acids is 1. The number of pyridine rings is 2. The van der Waals surface area contributed by atoms with Crippen LogP contribution in [0.4, 0.5) is 0 Å². The van der Waals surface area contributed by atoms with E-state index in [0.29, 0.717) is 44.1 Å². The van der Waals surface area contributed by atoms with Crippen LogP contribution in [0.15, 0.2) is 77.3 Å². The van der Waals surface area contributed by atoms with Crippen LogP contribution in [-0.2, 0) is 22.6 Å². The number of halogens is 1. The van der Waals surface area contributed by atoms with E-state index >= 15 is 0 Å². The second-order valence-corrected chi connectivity index (χ2v) is 11.1. The summed E-state index contributed by atoms with van der Waals surface area (Å²) in [6, 6.07) is 19.6. The van der Waals surface area contributed by atoms with Gasteiger partial charge in [0.05, 0.1) is 47.4 Å². The second-order valence-electron chi connectivity index (χ2n) is 10.7. The molecule has 0 fully saturated rings. The summed E-state index contributed by atoms with van der Waals surface area (Å²) in [6.45, 7) is 7.35. The first-order valence-corrected chi connectivity index (χ1v) is 14.8. The Morgan fingerprint density at radius 1 is 1.00 bits per heavy atom. The Bertz CT molecular complexity index is 1920. The zero-order chi connectivity index (χ0) is 32.2. The molecule has 9 nitrogen and oxygen atoms in total. The summed E-state index contributed by atoms with van der Waals surface area (Å²) >= 11 is 6.77. The molecule has 0 saturated heterocycles. The van der Waals surface area contributed by atoms with Crippen LogP contribution in [0.3, 0.4) is 0 Å². The molecule has 0 saturated carbocycles. The van der Waals surface area contributed by atoms with Gasteiger partial charge in [-0.05, 0) is 68.7 Å². The molecule has 5 rings (SSSR count). The van der Waals surface area contributed by atoms with Crippen LogP contribution in [-0.4, -0.2) is 44.4 Å². The number of carboxylic acids is 1. The Hall–Kier alpha value is -5.02. The summed E-state index contributed by atoms with van der Waals surface area (Å²) < 4.78 is 10.8. The van der Waals surface area contributed by atoms with Crippen molar-refractivity contribution in [1.29, 1.82) is 0 Å². The number of nitrogens with zero attached hydrogens (tertiary/aromatic N) is 3. The number of carboxylic acid groups (broad SMARTS) is 1. The van der Waals surface area contributed by atoms with Crippen LogP contribution in [0.1, 0.15) is 69.0 Å². The van der Waals surface area contributed by atoms with Gasteiger partial charge in [-0.1, -0.05) is 54.1 Å². The fourth-order valence-electron chi connectivity index (χ4n) is 5.08. The van der Waals surface area contributed by atoms with E-state index < -0.39 is 17.9 Å². The molecule has 1 N–H and O–H groups in total. The number of hydrogen-bond acceptors (Lipinski definition) is 7. The minimum absolute atomic E-state index is 0.0300. The second kappa shape index (κ2) is 13.3. The number of benzene rings is 2. The van der Waals surface area contributed by atoms with Gasteiger partial charge >= 0.3 is 11.9 Å². The molecule has 3 aromatic heterocycles. The van der Waals surface area contributed by atoms with Gasteiger partial charge < -0.3 is 19.2 Å². The third kappa shape index (κ3) is 6.73. The monoisotopic (exact) mass is 625 g/mol. The Morgan fingerprint density at radius 2 is 1.78 bits per heavy atom. The Kier molecular flexibility index (Phi) is 9.29. The highest BCUT2D eigenvalue weighted by atomic mass is 35.5. The molecule has 0 radical (unpaired) electrons. The number of ether oxygens (including phenoxy) is 1. The fraction of sp³-hybridized carbons (Fsp3) is 0.229. The first-order chi connectivity index (χ1) is 21.6. The quantitative estimate of drug-likeness (QED) is 0.160. The van der Waals surface area contributed by atoms with Crippen molar-refractivity contribution in [3.63, 3.8) is 0 Å². The number of carbonyl (C=O) groups excluding carboxylic acids is 2. The number of hydrogen-bond donors (Lipinski definition) is 1. The van der Waals surface area contributed by atoms with Crippen LogP contribution in [0, 0.1) is 13.8 Å². The van der Waals surface area contributed by atoms with E-state index in [9.17, 15) is 19.5 Å². The standard InChI is InChI=1S/C35H32ClN3O6/c1-5-44-35(43)31-14-13-26(45-31)18-39(33(40)32-20(2)22(4)38-29-12-7-6-11-27(29)32)19-30-28(36)16-25(17-37-30)24-10-8-9-23(15-24)21(3)34(41)42/h6-17,21H,5,18-19H2,1-4H3,(H,41,42). The van der Waals surface area contributed by atoms with Gasteiger partial charge in [0.15, 0.2) is 0 Å². The number of aromatic nitrogens is 2. The van der Waals surface area contributed by atoms with Crippen molar-refractivity contribution in [2.24, 2.45) is 0 Å². The van der Waals surface area contributed by atoms with Gasteiger partial charge in [-0.25, -0.2) is 4.79 Å². The van der Waals surface area contributed by atoms with E-state index in [1.54, 1.807) is 55.3 Å². The molecule has 0 aliphatic heterocycles. The van der Waals surface area contributed by atoms with Crippen molar-refractivity contribution in [3.05, 3.63) is 118 Å². The van der Waals surface area contributed by atoms with Crippen molar-refractivity contribution in [1.82, 2.24) is 14.9 Å². The topological polar surface area (TPSA) is 123 Å². The Labute approximate surface area is 265 Å². The maximum absolute atomic E-state index is 14.4. The molecule has 1 unspecified atom stereocenters. The van der Waals surface area contributed by atoms with Gasteiger partial charge in [0.25, 0.3) is 5.91 Å². The maximum Gasteiger partial charge on any atom is 0.374 e. The first-order valence-electron chi connectivity index (χ1n) is 14.5. The fourth-order valence-corrected chi connectivity index (χ4v) is 5.30. The number of fused-ring (bicyclic) bond motifs is 1. The van der Waals surface area contributed by atoms with Gasteiger partial charge in [0.1, 0.15) is 5.76 Å². The van der Waals surface area contributed by atoms with Gasteiger partial charge in [-0.3, -0.25) is 19.6 Å². The average molecular weight is 626 g/mol. The molecular weight excluding hydrogens is 594 g/mol. The van der Waals surface area contributed by atoms with E-state index in [0.717, 1.165) is 16.8 Å². The van der Waals surface area contributed by atoms with Crippen LogP contribution >= 0.6 is 11.6 Å². The van der Waals surface area contributed by atoms with E-state index in [1.165, 1.54) is 6.07 Å². The van der Waals surface area contributed by atoms with Gasteiger partial charge in [-0.15, -0.1) is 0 Å². The number of furan rings is 1. The predicted molar refractivity (Wildman–Crippen MR) is 170 cm³/mol.